The van der Waals surface area contributed by atoms with E-state index in [0.29, 0.717) is 5.88 Å². The van der Waals surface area contributed by atoms with Crippen molar-refractivity contribution >= 4 is 22.9 Å². The number of hydrogen-bond acceptors (Lipinski definition) is 4. The van der Waals surface area contributed by atoms with Gasteiger partial charge < -0.3 is 4.52 Å². The minimum absolute atomic E-state index is 0.470. The number of thiazole rings is 1. The van der Waals surface area contributed by atoms with Gasteiger partial charge in [-0.3, -0.25) is 0 Å². The highest BCUT2D eigenvalue weighted by molar-refractivity contribution is 7.09. The van der Waals surface area contributed by atoms with Gasteiger partial charge in [-0.2, -0.15) is 0 Å². The van der Waals surface area contributed by atoms with Gasteiger partial charge in [-0.15, -0.1) is 22.9 Å². The molecule has 0 spiro atoms. The first-order chi connectivity index (χ1) is 7.20. The fourth-order valence-corrected chi connectivity index (χ4v) is 2.43. The summed E-state index contributed by atoms with van der Waals surface area (Å²) in [4.78, 5) is 4.40. The van der Waals surface area contributed by atoms with Gasteiger partial charge in [0, 0.05) is 17.4 Å². The molecule has 0 saturated carbocycles. The molecule has 15 heavy (non-hydrogen) atoms. The van der Waals surface area contributed by atoms with Gasteiger partial charge in [0.2, 0.25) is 0 Å². The lowest BCUT2D eigenvalue weighted by Gasteiger charge is -1.94. The summed E-state index contributed by atoms with van der Waals surface area (Å²) in [5.41, 5.74) is 3.00. The normalized spacial score (nSPS) is 10.9. The summed E-state index contributed by atoms with van der Waals surface area (Å²) in [6, 6.07) is 0. The Kier molecular flexibility index (Phi) is 3.07. The Morgan fingerprint density at radius 1 is 1.47 bits per heavy atom. The van der Waals surface area contributed by atoms with Gasteiger partial charge in [0.25, 0.3) is 0 Å². The van der Waals surface area contributed by atoms with E-state index in [1.807, 2.05) is 19.2 Å². The topological polar surface area (TPSA) is 38.9 Å². The molecule has 2 aromatic heterocycles. The first-order valence-corrected chi connectivity index (χ1v) is 6.03. The maximum atomic E-state index is 5.70. The Bertz CT molecular complexity index is 444. The highest BCUT2D eigenvalue weighted by Gasteiger charge is 2.11. The Morgan fingerprint density at radius 3 is 2.80 bits per heavy atom. The van der Waals surface area contributed by atoms with Crippen molar-refractivity contribution in [2.24, 2.45) is 0 Å². The number of alkyl halides is 1. The average molecular weight is 243 g/mol. The maximum absolute atomic E-state index is 5.70. The van der Waals surface area contributed by atoms with Gasteiger partial charge in [-0.05, 0) is 13.8 Å². The molecule has 2 aromatic rings. The SMILES string of the molecule is Cc1noc(C)c1Cc1nc(CCl)cs1. The van der Waals surface area contributed by atoms with Crippen molar-refractivity contribution in [3.63, 3.8) is 0 Å². The molecule has 80 valence electrons. The van der Waals surface area contributed by atoms with E-state index in [2.05, 4.69) is 10.1 Å². The number of aryl methyl sites for hydroxylation is 2. The molecular weight excluding hydrogens is 232 g/mol. The molecule has 0 atom stereocenters. The molecule has 2 heterocycles. The molecule has 0 N–H and O–H groups in total. The number of aromatic nitrogens is 2. The van der Waals surface area contributed by atoms with Crippen LogP contribution in [0.3, 0.4) is 0 Å². The van der Waals surface area contributed by atoms with Gasteiger partial charge in [-0.1, -0.05) is 5.16 Å². The van der Waals surface area contributed by atoms with Crippen LogP contribution in [0.25, 0.3) is 0 Å². The Labute approximate surface area is 97.1 Å². The third kappa shape index (κ3) is 2.21. The van der Waals surface area contributed by atoms with Crippen molar-refractivity contribution in [2.75, 3.05) is 0 Å². The fraction of sp³-hybridized carbons (Fsp3) is 0.400. The summed E-state index contributed by atoms with van der Waals surface area (Å²) >= 11 is 7.32. The molecule has 0 aliphatic carbocycles. The van der Waals surface area contributed by atoms with Crippen molar-refractivity contribution in [1.82, 2.24) is 10.1 Å². The molecule has 0 fully saturated rings. The lowest BCUT2D eigenvalue weighted by molar-refractivity contribution is 0.392. The summed E-state index contributed by atoms with van der Waals surface area (Å²) < 4.78 is 5.10. The molecule has 0 amide bonds. The lowest BCUT2D eigenvalue weighted by Crippen LogP contribution is -1.91. The van der Waals surface area contributed by atoms with E-state index in [-0.39, 0.29) is 0 Å². The maximum Gasteiger partial charge on any atom is 0.137 e. The summed E-state index contributed by atoms with van der Waals surface area (Å²) in [5, 5.41) is 6.96. The second kappa shape index (κ2) is 4.33. The zero-order valence-electron chi connectivity index (χ0n) is 8.58. The van der Waals surface area contributed by atoms with Crippen molar-refractivity contribution in [2.45, 2.75) is 26.1 Å². The van der Waals surface area contributed by atoms with Crippen LogP contribution in [-0.2, 0) is 12.3 Å². The van der Waals surface area contributed by atoms with Gasteiger partial charge in [-0.25, -0.2) is 4.98 Å². The van der Waals surface area contributed by atoms with E-state index >= 15 is 0 Å². The predicted molar refractivity (Wildman–Crippen MR) is 60.5 cm³/mol. The van der Waals surface area contributed by atoms with Crippen molar-refractivity contribution in [3.05, 3.63) is 33.1 Å². The molecule has 0 unspecified atom stereocenters. The van der Waals surface area contributed by atoms with Crippen molar-refractivity contribution < 1.29 is 4.52 Å². The van der Waals surface area contributed by atoms with Crippen molar-refractivity contribution in [3.8, 4) is 0 Å². The fourth-order valence-electron chi connectivity index (χ4n) is 1.40. The smallest absolute Gasteiger partial charge is 0.137 e. The molecular formula is C10H11ClN2OS. The van der Waals surface area contributed by atoms with Crippen LogP contribution < -0.4 is 0 Å². The molecule has 0 saturated heterocycles. The number of halogens is 1. The summed E-state index contributed by atoms with van der Waals surface area (Å²) in [7, 11) is 0. The Balaban J connectivity index is 2.21. The van der Waals surface area contributed by atoms with Crippen LogP contribution in [0.2, 0.25) is 0 Å². The molecule has 0 aliphatic rings. The van der Waals surface area contributed by atoms with E-state index in [4.69, 9.17) is 16.1 Å². The average Bonchev–Trinajstić information content (AvgIpc) is 2.80. The first-order valence-electron chi connectivity index (χ1n) is 4.61. The quantitative estimate of drug-likeness (QED) is 0.777. The third-order valence-corrected chi connectivity index (χ3v) is 3.42. The summed E-state index contributed by atoms with van der Waals surface area (Å²) in [5.74, 6) is 1.34. The molecule has 0 radical (unpaired) electrons. The molecule has 2 rings (SSSR count). The van der Waals surface area contributed by atoms with Crippen LogP contribution in [0.1, 0.15) is 27.7 Å². The Morgan fingerprint density at radius 2 is 2.27 bits per heavy atom. The standard InChI is InChI=1S/C10H11ClN2OS/c1-6-9(7(2)14-13-6)3-10-12-8(4-11)5-15-10/h5H,3-4H2,1-2H3. The van der Waals surface area contributed by atoms with Gasteiger partial charge in [0.1, 0.15) is 5.76 Å². The summed E-state index contributed by atoms with van der Waals surface area (Å²) in [6.07, 6.45) is 0.780. The number of nitrogens with zero attached hydrogens (tertiary/aromatic N) is 2. The second-order valence-corrected chi connectivity index (χ2v) is 4.56. The van der Waals surface area contributed by atoms with Crippen molar-refractivity contribution in [1.29, 1.82) is 0 Å². The van der Waals surface area contributed by atoms with E-state index in [9.17, 15) is 0 Å². The highest BCUT2D eigenvalue weighted by atomic mass is 35.5. The minimum atomic E-state index is 0.470. The van der Waals surface area contributed by atoms with Crippen LogP contribution in [0.5, 0.6) is 0 Å². The predicted octanol–water partition coefficient (Wildman–Crippen LogP) is 3.08. The van der Waals surface area contributed by atoms with Gasteiger partial charge >= 0.3 is 0 Å². The van der Waals surface area contributed by atoms with Crippen LogP contribution in [0, 0.1) is 13.8 Å². The third-order valence-electron chi connectivity index (χ3n) is 2.25. The molecule has 0 bridgehead atoms. The largest absolute Gasteiger partial charge is 0.361 e. The van der Waals surface area contributed by atoms with Gasteiger partial charge in [0.15, 0.2) is 0 Å². The van der Waals surface area contributed by atoms with E-state index in [1.54, 1.807) is 11.3 Å². The molecule has 5 heteroatoms. The zero-order chi connectivity index (χ0) is 10.8. The first kappa shape index (κ1) is 10.6. The second-order valence-electron chi connectivity index (χ2n) is 3.35. The molecule has 3 nitrogen and oxygen atoms in total. The van der Waals surface area contributed by atoms with Crippen LogP contribution in [0.15, 0.2) is 9.90 Å². The highest BCUT2D eigenvalue weighted by Crippen LogP contribution is 2.20. The lowest BCUT2D eigenvalue weighted by atomic mass is 10.1. The van der Waals surface area contributed by atoms with Gasteiger partial charge in [0.05, 0.1) is 22.3 Å². The van der Waals surface area contributed by atoms with Crippen LogP contribution >= 0.6 is 22.9 Å². The summed E-state index contributed by atoms with van der Waals surface area (Å²) in [6.45, 7) is 3.87. The monoisotopic (exact) mass is 242 g/mol. The minimum Gasteiger partial charge on any atom is -0.361 e. The van der Waals surface area contributed by atoms with Crippen LogP contribution in [0.4, 0.5) is 0 Å². The zero-order valence-corrected chi connectivity index (χ0v) is 10.2. The van der Waals surface area contributed by atoms with E-state index in [1.165, 1.54) is 0 Å². The van der Waals surface area contributed by atoms with Crippen LogP contribution in [-0.4, -0.2) is 10.1 Å². The van der Waals surface area contributed by atoms with E-state index < -0.39 is 0 Å². The molecule has 0 aromatic carbocycles. The molecule has 0 aliphatic heterocycles. The van der Waals surface area contributed by atoms with E-state index in [0.717, 1.165) is 34.1 Å². The number of hydrogen-bond donors (Lipinski definition) is 0. The Hall–Kier alpha value is -0.870. The number of rotatable bonds is 3.